The van der Waals surface area contributed by atoms with E-state index in [1.54, 1.807) is 12.1 Å². The number of rotatable bonds is 5. The summed E-state index contributed by atoms with van der Waals surface area (Å²) in [5.41, 5.74) is 0.864. The van der Waals surface area contributed by atoms with Gasteiger partial charge in [-0.25, -0.2) is 8.42 Å². The minimum atomic E-state index is -3.37. The zero-order chi connectivity index (χ0) is 13.1. The summed E-state index contributed by atoms with van der Waals surface area (Å²) in [7, 11) is -3.37. The van der Waals surface area contributed by atoms with Crippen molar-refractivity contribution >= 4 is 26.7 Å². The number of hydrogen-bond acceptors (Lipinski definition) is 3. The van der Waals surface area contributed by atoms with Crippen molar-refractivity contribution in [3.8, 4) is 0 Å². The number of carbonyl (C=O) groups is 1. The third-order valence-electron chi connectivity index (χ3n) is 2.31. The molecule has 92 valence electrons. The third kappa shape index (κ3) is 3.68. The summed E-state index contributed by atoms with van der Waals surface area (Å²) in [6.07, 6.45) is 4.08. The second-order valence-electron chi connectivity index (χ2n) is 3.70. The Bertz CT molecular complexity index is 547. The highest BCUT2D eigenvalue weighted by atomic mass is 35.5. The molecule has 0 aliphatic rings. The topological polar surface area (TPSA) is 51.2 Å². The summed E-state index contributed by atoms with van der Waals surface area (Å²) in [6.45, 7) is 3.59. The molecule has 0 saturated heterocycles. The predicted octanol–water partition coefficient (Wildman–Crippen LogP) is 2.59. The number of aryl methyl sites for hydroxylation is 1. The van der Waals surface area contributed by atoms with Crippen molar-refractivity contribution in [1.29, 1.82) is 0 Å². The second-order valence-corrected chi connectivity index (χ2v) is 6.02. The van der Waals surface area contributed by atoms with Crippen LogP contribution in [0.25, 0.3) is 0 Å². The monoisotopic (exact) mass is 272 g/mol. The van der Waals surface area contributed by atoms with Crippen LogP contribution in [0.4, 0.5) is 0 Å². The van der Waals surface area contributed by atoms with Gasteiger partial charge in [-0.1, -0.05) is 12.1 Å². The van der Waals surface area contributed by atoms with E-state index in [-0.39, 0.29) is 10.5 Å². The normalized spacial score (nSPS) is 11.2. The lowest BCUT2D eigenvalue weighted by molar-refractivity contribution is 0.108. The molecule has 0 unspecified atom stereocenters. The summed E-state index contributed by atoms with van der Waals surface area (Å²) in [6, 6.07) is 4.47. The van der Waals surface area contributed by atoms with Crippen molar-refractivity contribution in [2.24, 2.45) is 0 Å². The lowest BCUT2D eigenvalue weighted by atomic mass is 10.1. The SMILES string of the molecule is C=CCCc1ccc(C(=O)Cl)cc1S(C)(=O)=O. The molecule has 0 aliphatic carbocycles. The number of sulfone groups is 1. The first kappa shape index (κ1) is 13.9. The van der Waals surface area contributed by atoms with E-state index in [4.69, 9.17) is 11.6 Å². The van der Waals surface area contributed by atoms with E-state index in [1.807, 2.05) is 0 Å². The van der Waals surface area contributed by atoms with Crippen LogP contribution in [0.2, 0.25) is 0 Å². The highest BCUT2D eigenvalue weighted by Crippen LogP contribution is 2.20. The minimum Gasteiger partial charge on any atom is -0.276 e. The molecule has 3 nitrogen and oxygen atoms in total. The van der Waals surface area contributed by atoms with Crippen molar-refractivity contribution in [2.75, 3.05) is 6.26 Å². The molecule has 1 aromatic carbocycles. The molecule has 0 radical (unpaired) electrons. The van der Waals surface area contributed by atoms with E-state index in [0.717, 1.165) is 6.26 Å². The average molecular weight is 273 g/mol. The number of halogens is 1. The fraction of sp³-hybridized carbons (Fsp3) is 0.250. The molecule has 17 heavy (non-hydrogen) atoms. The summed E-state index contributed by atoms with van der Waals surface area (Å²) in [5.74, 6) is 0. The number of hydrogen-bond donors (Lipinski definition) is 0. The molecule has 0 saturated carbocycles. The van der Waals surface area contributed by atoms with Gasteiger partial charge in [0.1, 0.15) is 0 Å². The molecule has 0 spiro atoms. The fourth-order valence-electron chi connectivity index (χ4n) is 1.49. The van der Waals surface area contributed by atoms with Crippen LogP contribution in [-0.4, -0.2) is 19.9 Å². The largest absolute Gasteiger partial charge is 0.276 e. The maximum absolute atomic E-state index is 11.6. The van der Waals surface area contributed by atoms with E-state index >= 15 is 0 Å². The van der Waals surface area contributed by atoms with Crippen LogP contribution in [0.1, 0.15) is 22.3 Å². The van der Waals surface area contributed by atoms with Crippen molar-refractivity contribution in [3.63, 3.8) is 0 Å². The molecule has 0 atom stereocenters. The summed E-state index contributed by atoms with van der Waals surface area (Å²) < 4.78 is 23.2. The zero-order valence-electron chi connectivity index (χ0n) is 9.44. The van der Waals surface area contributed by atoms with Gasteiger partial charge in [0.25, 0.3) is 5.24 Å². The van der Waals surface area contributed by atoms with Gasteiger partial charge in [-0.15, -0.1) is 6.58 Å². The Morgan fingerprint density at radius 3 is 2.59 bits per heavy atom. The van der Waals surface area contributed by atoms with Gasteiger partial charge in [0.2, 0.25) is 0 Å². The Hall–Kier alpha value is -1.13. The molecular weight excluding hydrogens is 260 g/mol. The van der Waals surface area contributed by atoms with Gasteiger partial charge >= 0.3 is 0 Å². The molecule has 0 amide bonds. The average Bonchev–Trinajstić information content (AvgIpc) is 2.24. The fourth-order valence-corrected chi connectivity index (χ4v) is 2.59. The van der Waals surface area contributed by atoms with Gasteiger partial charge in [0.15, 0.2) is 9.84 Å². The highest BCUT2D eigenvalue weighted by molar-refractivity contribution is 7.90. The summed E-state index contributed by atoms with van der Waals surface area (Å²) in [5, 5.41) is -0.662. The zero-order valence-corrected chi connectivity index (χ0v) is 11.0. The second kappa shape index (κ2) is 5.47. The van der Waals surface area contributed by atoms with Crippen molar-refractivity contribution in [3.05, 3.63) is 42.0 Å². The maximum atomic E-state index is 11.6. The molecule has 5 heteroatoms. The molecule has 0 aromatic heterocycles. The van der Waals surface area contributed by atoms with Crippen molar-refractivity contribution < 1.29 is 13.2 Å². The lowest BCUT2D eigenvalue weighted by Gasteiger charge is -2.08. The maximum Gasteiger partial charge on any atom is 0.252 e. The molecular formula is C12H13ClO3S. The standard InChI is InChI=1S/C12H13ClO3S/c1-3-4-5-9-6-7-10(12(13)14)8-11(9)17(2,15)16/h3,6-8H,1,4-5H2,2H3. The molecule has 0 bridgehead atoms. The Labute approximate surface area is 106 Å². The number of allylic oxidation sites excluding steroid dienone is 1. The summed E-state index contributed by atoms with van der Waals surface area (Å²) >= 11 is 5.33. The van der Waals surface area contributed by atoms with Crippen LogP contribution in [0.3, 0.4) is 0 Å². The molecule has 0 heterocycles. The number of carbonyl (C=O) groups excluding carboxylic acids is 1. The molecule has 0 fully saturated rings. The van der Waals surface area contributed by atoms with E-state index in [1.165, 1.54) is 12.1 Å². The van der Waals surface area contributed by atoms with Crippen LogP contribution < -0.4 is 0 Å². The quantitative estimate of drug-likeness (QED) is 0.611. The van der Waals surface area contributed by atoms with Gasteiger partial charge in [-0.2, -0.15) is 0 Å². The Morgan fingerprint density at radius 2 is 2.12 bits per heavy atom. The first-order valence-corrected chi connectivity index (χ1v) is 7.27. The van der Waals surface area contributed by atoms with Crippen LogP contribution in [0.15, 0.2) is 35.7 Å². The third-order valence-corrected chi connectivity index (χ3v) is 3.71. The van der Waals surface area contributed by atoms with E-state index < -0.39 is 15.1 Å². The van der Waals surface area contributed by atoms with Gasteiger partial charge in [0.05, 0.1) is 4.90 Å². The van der Waals surface area contributed by atoms with Gasteiger partial charge in [-0.05, 0) is 42.1 Å². The highest BCUT2D eigenvalue weighted by Gasteiger charge is 2.15. The van der Waals surface area contributed by atoms with Crippen molar-refractivity contribution in [2.45, 2.75) is 17.7 Å². The predicted molar refractivity (Wildman–Crippen MR) is 68.3 cm³/mol. The molecule has 1 aromatic rings. The van der Waals surface area contributed by atoms with Gasteiger partial charge in [0, 0.05) is 11.8 Å². The molecule has 1 rings (SSSR count). The van der Waals surface area contributed by atoms with E-state index in [2.05, 4.69) is 6.58 Å². The number of benzene rings is 1. The van der Waals surface area contributed by atoms with E-state index in [0.29, 0.717) is 18.4 Å². The Morgan fingerprint density at radius 1 is 1.47 bits per heavy atom. The smallest absolute Gasteiger partial charge is 0.252 e. The molecule has 0 N–H and O–H groups in total. The van der Waals surface area contributed by atoms with Gasteiger partial charge < -0.3 is 0 Å². The Balaban J connectivity index is 3.31. The van der Waals surface area contributed by atoms with E-state index in [9.17, 15) is 13.2 Å². The minimum absolute atomic E-state index is 0.158. The first-order valence-electron chi connectivity index (χ1n) is 5.00. The van der Waals surface area contributed by atoms with Crippen LogP contribution in [0.5, 0.6) is 0 Å². The van der Waals surface area contributed by atoms with Crippen LogP contribution >= 0.6 is 11.6 Å². The first-order chi connectivity index (χ1) is 7.86. The van der Waals surface area contributed by atoms with Crippen molar-refractivity contribution in [1.82, 2.24) is 0 Å². The van der Waals surface area contributed by atoms with Gasteiger partial charge in [-0.3, -0.25) is 4.79 Å². The van der Waals surface area contributed by atoms with Crippen LogP contribution in [-0.2, 0) is 16.3 Å². The van der Waals surface area contributed by atoms with Crippen LogP contribution in [0, 0.1) is 0 Å². The Kier molecular flexibility index (Phi) is 4.48. The lowest BCUT2D eigenvalue weighted by Crippen LogP contribution is -2.04. The summed E-state index contributed by atoms with van der Waals surface area (Å²) in [4.78, 5) is 11.2. The molecule has 0 aliphatic heterocycles.